The Bertz CT molecular complexity index is 1000. The van der Waals surface area contributed by atoms with Crippen LogP contribution in [0.15, 0.2) is 72.8 Å². The maximum absolute atomic E-state index is 12.4. The van der Waals surface area contributed by atoms with Crippen LogP contribution < -0.4 is 16.0 Å². The van der Waals surface area contributed by atoms with E-state index < -0.39 is 0 Å². The quantitative estimate of drug-likeness (QED) is 0.542. The van der Waals surface area contributed by atoms with Crippen LogP contribution in [0.4, 0.5) is 17.1 Å². The monoisotopic (exact) mass is 387 g/mol. The molecule has 0 unspecified atom stereocenters. The van der Waals surface area contributed by atoms with Crippen LogP contribution in [0.2, 0.25) is 0 Å². The Kier molecular flexibility index (Phi) is 6.63. The second kappa shape index (κ2) is 9.55. The zero-order valence-corrected chi connectivity index (χ0v) is 16.7. The summed E-state index contributed by atoms with van der Waals surface area (Å²) >= 11 is 0. The zero-order chi connectivity index (χ0) is 20.6. The number of benzene rings is 3. The number of carbonyl (C=O) groups excluding carboxylic acids is 2. The normalized spacial score (nSPS) is 10.3. The first-order valence-corrected chi connectivity index (χ1v) is 9.65. The highest BCUT2D eigenvalue weighted by molar-refractivity contribution is 6.04. The van der Waals surface area contributed by atoms with Crippen molar-refractivity contribution in [3.05, 3.63) is 89.5 Å². The first-order valence-electron chi connectivity index (χ1n) is 9.65. The van der Waals surface area contributed by atoms with E-state index in [1.165, 1.54) is 5.56 Å². The number of amides is 2. The van der Waals surface area contributed by atoms with Gasteiger partial charge in [-0.05, 0) is 54.8 Å². The summed E-state index contributed by atoms with van der Waals surface area (Å²) in [5.41, 5.74) is 5.14. The van der Waals surface area contributed by atoms with Gasteiger partial charge >= 0.3 is 0 Å². The van der Waals surface area contributed by atoms with E-state index in [0.717, 1.165) is 17.7 Å². The molecule has 3 N–H and O–H groups in total. The zero-order valence-electron chi connectivity index (χ0n) is 16.7. The molecule has 0 aliphatic carbocycles. The molecule has 5 heteroatoms. The largest absolute Gasteiger partial charge is 0.376 e. The van der Waals surface area contributed by atoms with Gasteiger partial charge in [-0.2, -0.15) is 0 Å². The van der Waals surface area contributed by atoms with Gasteiger partial charge in [-0.3, -0.25) is 9.59 Å². The molecule has 0 saturated heterocycles. The number of aryl methyl sites for hydroxylation is 2. The van der Waals surface area contributed by atoms with Crippen molar-refractivity contribution in [2.75, 3.05) is 22.5 Å². The van der Waals surface area contributed by atoms with E-state index >= 15 is 0 Å². The molecular weight excluding hydrogens is 362 g/mol. The molecule has 2 amide bonds. The average Bonchev–Trinajstić information content (AvgIpc) is 2.73. The van der Waals surface area contributed by atoms with Crippen molar-refractivity contribution in [2.24, 2.45) is 0 Å². The summed E-state index contributed by atoms with van der Waals surface area (Å²) < 4.78 is 0. The topological polar surface area (TPSA) is 70.2 Å². The summed E-state index contributed by atoms with van der Waals surface area (Å²) in [6.07, 6.45) is 0.898. The Labute approximate surface area is 171 Å². The summed E-state index contributed by atoms with van der Waals surface area (Å²) in [6.45, 7) is 4.28. The first kappa shape index (κ1) is 20.1. The van der Waals surface area contributed by atoms with E-state index in [1.54, 1.807) is 36.4 Å². The molecule has 0 aromatic heterocycles. The van der Waals surface area contributed by atoms with E-state index in [-0.39, 0.29) is 18.4 Å². The average molecular weight is 387 g/mol. The van der Waals surface area contributed by atoms with E-state index in [4.69, 9.17) is 0 Å². The molecule has 148 valence electrons. The lowest BCUT2D eigenvalue weighted by molar-refractivity contribution is -0.114. The predicted octanol–water partition coefficient (Wildman–Crippen LogP) is 4.86. The van der Waals surface area contributed by atoms with E-state index in [1.807, 2.05) is 37.3 Å². The molecule has 0 radical (unpaired) electrons. The summed E-state index contributed by atoms with van der Waals surface area (Å²) in [5, 5.41) is 8.96. The van der Waals surface area contributed by atoms with Gasteiger partial charge < -0.3 is 16.0 Å². The Morgan fingerprint density at radius 2 is 1.52 bits per heavy atom. The number of rotatable bonds is 7. The number of hydrogen-bond donors (Lipinski definition) is 3. The number of anilines is 3. The van der Waals surface area contributed by atoms with Gasteiger partial charge in [-0.1, -0.05) is 49.4 Å². The number of carbonyl (C=O) groups is 2. The third-order valence-corrected chi connectivity index (χ3v) is 4.61. The molecule has 0 aliphatic heterocycles. The van der Waals surface area contributed by atoms with E-state index in [0.29, 0.717) is 16.9 Å². The van der Waals surface area contributed by atoms with Crippen LogP contribution in [0.1, 0.15) is 28.4 Å². The van der Waals surface area contributed by atoms with Crippen LogP contribution in [-0.4, -0.2) is 18.4 Å². The van der Waals surface area contributed by atoms with Crippen LogP contribution in [0.5, 0.6) is 0 Å². The van der Waals surface area contributed by atoms with Gasteiger partial charge in [0, 0.05) is 22.6 Å². The number of nitrogens with one attached hydrogen (secondary N) is 3. The van der Waals surface area contributed by atoms with Crippen LogP contribution in [-0.2, 0) is 11.2 Å². The molecule has 3 rings (SSSR count). The SMILES string of the molecule is CCc1cccc(C)c1NCC(=O)Nc1cccc(NC(=O)c2ccccc2)c1. The van der Waals surface area contributed by atoms with Gasteiger partial charge in [-0.15, -0.1) is 0 Å². The molecule has 0 saturated carbocycles. The van der Waals surface area contributed by atoms with Crippen molar-refractivity contribution in [2.45, 2.75) is 20.3 Å². The molecule has 29 heavy (non-hydrogen) atoms. The third kappa shape index (κ3) is 5.45. The standard InChI is InChI=1S/C24H25N3O2/c1-3-18-12-7-9-17(2)23(18)25-16-22(28)26-20-13-8-14-21(15-20)27-24(29)19-10-5-4-6-11-19/h4-15,25H,3,16H2,1-2H3,(H,26,28)(H,27,29). The second-order valence-electron chi connectivity index (χ2n) is 6.77. The van der Waals surface area contributed by atoms with Gasteiger partial charge in [0.2, 0.25) is 5.91 Å². The maximum Gasteiger partial charge on any atom is 0.255 e. The Hall–Kier alpha value is -3.60. The van der Waals surface area contributed by atoms with Crippen molar-refractivity contribution >= 4 is 28.9 Å². The number of hydrogen-bond acceptors (Lipinski definition) is 3. The fraction of sp³-hybridized carbons (Fsp3) is 0.167. The lowest BCUT2D eigenvalue weighted by atomic mass is 10.1. The summed E-state index contributed by atoms with van der Waals surface area (Å²) in [4.78, 5) is 24.7. The third-order valence-electron chi connectivity index (χ3n) is 4.61. The van der Waals surface area contributed by atoms with E-state index in [9.17, 15) is 9.59 Å². The summed E-state index contributed by atoms with van der Waals surface area (Å²) in [6, 6.07) is 22.2. The number of para-hydroxylation sites is 1. The molecule has 0 atom stereocenters. The highest BCUT2D eigenvalue weighted by atomic mass is 16.2. The molecule has 0 aliphatic rings. The van der Waals surface area contributed by atoms with Gasteiger partial charge in [-0.25, -0.2) is 0 Å². The van der Waals surface area contributed by atoms with Crippen molar-refractivity contribution in [3.8, 4) is 0 Å². The van der Waals surface area contributed by atoms with Crippen molar-refractivity contribution in [1.82, 2.24) is 0 Å². The molecule has 0 heterocycles. The summed E-state index contributed by atoms with van der Waals surface area (Å²) in [7, 11) is 0. The highest BCUT2D eigenvalue weighted by Crippen LogP contribution is 2.21. The molecule has 0 bridgehead atoms. The Morgan fingerprint density at radius 3 is 2.24 bits per heavy atom. The minimum absolute atomic E-state index is 0.151. The minimum Gasteiger partial charge on any atom is -0.376 e. The lowest BCUT2D eigenvalue weighted by Gasteiger charge is -2.14. The smallest absolute Gasteiger partial charge is 0.255 e. The molecule has 0 fully saturated rings. The van der Waals surface area contributed by atoms with Crippen LogP contribution in [0, 0.1) is 6.92 Å². The molecule has 3 aromatic carbocycles. The van der Waals surface area contributed by atoms with Crippen LogP contribution in [0.25, 0.3) is 0 Å². The van der Waals surface area contributed by atoms with Crippen molar-refractivity contribution < 1.29 is 9.59 Å². The van der Waals surface area contributed by atoms with Crippen molar-refractivity contribution in [3.63, 3.8) is 0 Å². The molecule has 5 nitrogen and oxygen atoms in total. The Balaban J connectivity index is 1.60. The van der Waals surface area contributed by atoms with Gasteiger partial charge in [0.15, 0.2) is 0 Å². The molecule has 0 spiro atoms. The molecule has 3 aromatic rings. The summed E-state index contributed by atoms with van der Waals surface area (Å²) in [5.74, 6) is -0.343. The highest BCUT2D eigenvalue weighted by Gasteiger charge is 2.09. The fourth-order valence-electron chi connectivity index (χ4n) is 3.12. The predicted molar refractivity (Wildman–Crippen MR) is 119 cm³/mol. The maximum atomic E-state index is 12.4. The van der Waals surface area contributed by atoms with Gasteiger partial charge in [0.1, 0.15) is 0 Å². The fourth-order valence-corrected chi connectivity index (χ4v) is 3.12. The van der Waals surface area contributed by atoms with Crippen molar-refractivity contribution in [1.29, 1.82) is 0 Å². The van der Waals surface area contributed by atoms with Gasteiger partial charge in [0.25, 0.3) is 5.91 Å². The molecular formula is C24H25N3O2. The lowest BCUT2D eigenvalue weighted by Crippen LogP contribution is -2.22. The first-order chi connectivity index (χ1) is 14.1. The van der Waals surface area contributed by atoms with Crippen LogP contribution in [0.3, 0.4) is 0 Å². The van der Waals surface area contributed by atoms with Crippen LogP contribution >= 0.6 is 0 Å². The minimum atomic E-state index is -0.192. The van der Waals surface area contributed by atoms with Gasteiger partial charge in [0.05, 0.1) is 6.54 Å². The second-order valence-corrected chi connectivity index (χ2v) is 6.77. The Morgan fingerprint density at radius 1 is 0.828 bits per heavy atom. The van der Waals surface area contributed by atoms with E-state index in [2.05, 4.69) is 28.9 Å².